The lowest BCUT2D eigenvalue weighted by Gasteiger charge is -2.07. The number of hydrogen-bond acceptors (Lipinski definition) is 2. The highest BCUT2D eigenvalue weighted by molar-refractivity contribution is 7.15. The SMILES string of the molecule is Cc1cc2c(c(-c3ccc(C)s3)c1)OCC2. The van der Waals surface area contributed by atoms with Gasteiger partial charge in [-0.3, -0.25) is 0 Å². The summed E-state index contributed by atoms with van der Waals surface area (Å²) >= 11 is 1.84. The van der Waals surface area contributed by atoms with E-state index in [2.05, 4.69) is 38.1 Å². The van der Waals surface area contributed by atoms with E-state index in [1.54, 1.807) is 0 Å². The van der Waals surface area contributed by atoms with Crippen LogP contribution in [0, 0.1) is 13.8 Å². The maximum Gasteiger partial charge on any atom is 0.131 e. The van der Waals surface area contributed by atoms with Gasteiger partial charge in [0.05, 0.1) is 6.61 Å². The molecule has 3 rings (SSSR count). The normalized spacial score (nSPS) is 13.6. The minimum atomic E-state index is 0.830. The average Bonchev–Trinajstić information content (AvgIpc) is 2.84. The molecule has 0 spiro atoms. The van der Waals surface area contributed by atoms with Crippen molar-refractivity contribution in [2.75, 3.05) is 6.61 Å². The molecule has 2 heteroatoms. The van der Waals surface area contributed by atoms with Crippen molar-refractivity contribution >= 4 is 11.3 Å². The summed E-state index contributed by atoms with van der Waals surface area (Å²) < 4.78 is 5.75. The third-order valence-corrected chi connectivity index (χ3v) is 3.97. The zero-order chi connectivity index (χ0) is 11.1. The molecule has 0 radical (unpaired) electrons. The van der Waals surface area contributed by atoms with Gasteiger partial charge in [0, 0.05) is 21.7 Å². The van der Waals surface area contributed by atoms with Crippen LogP contribution in [0.15, 0.2) is 24.3 Å². The second kappa shape index (κ2) is 3.63. The molecule has 0 unspecified atom stereocenters. The molecule has 1 aliphatic heterocycles. The number of hydrogen-bond donors (Lipinski definition) is 0. The fraction of sp³-hybridized carbons (Fsp3) is 0.286. The molecular formula is C14H14OS. The van der Waals surface area contributed by atoms with E-state index < -0.39 is 0 Å². The third-order valence-electron chi connectivity index (χ3n) is 2.93. The van der Waals surface area contributed by atoms with Gasteiger partial charge in [0.2, 0.25) is 0 Å². The highest BCUT2D eigenvalue weighted by atomic mass is 32.1. The van der Waals surface area contributed by atoms with E-state index in [1.807, 2.05) is 11.3 Å². The van der Waals surface area contributed by atoms with E-state index in [9.17, 15) is 0 Å². The van der Waals surface area contributed by atoms with Gasteiger partial charge in [-0.25, -0.2) is 0 Å². The molecule has 0 fully saturated rings. The van der Waals surface area contributed by atoms with Crippen LogP contribution in [0.4, 0.5) is 0 Å². The van der Waals surface area contributed by atoms with E-state index >= 15 is 0 Å². The molecule has 82 valence electrons. The molecule has 0 bridgehead atoms. The van der Waals surface area contributed by atoms with Gasteiger partial charge in [0.1, 0.15) is 5.75 Å². The number of benzene rings is 1. The van der Waals surface area contributed by atoms with Crippen molar-refractivity contribution in [2.45, 2.75) is 20.3 Å². The molecule has 0 saturated heterocycles. The first-order valence-corrected chi connectivity index (χ1v) is 6.39. The Balaban J connectivity index is 2.20. The maximum atomic E-state index is 5.75. The highest BCUT2D eigenvalue weighted by Gasteiger charge is 2.18. The molecule has 1 aliphatic rings. The minimum Gasteiger partial charge on any atom is -0.492 e. The van der Waals surface area contributed by atoms with Crippen LogP contribution in [0.25, 0.3) is 10.4 Å². The molecule has 1 nitrogen and oxygen atoms in total. The van der Waals surface area contributed by atoms with Gasteiger partial charge in [-0.05, 0) is 43.2 Å². The van der Waals surface area contributed by atoms with E-state index in [-0.39, 0.29) is 0 Å². The Kier molecular flexibility index (Phi) is 2.25. The van der Waals surface area contributed by atoms with Crippen LogP contribution in [0.1, 0.15) is 16.0 Å². The first-order valence-electron chi connectivity index (χ1n) is 5.57. The number of ether oxygens (including phenoxy) is 1. The van der Waals surface area contributed by atoms with Crippen molar-refractivity contribution in [3.05, 3.63) is 40.3 Å². The Morgan fingerprint density at radius 3 is 2.81 bits per heavy atom. The van der Waals surface area contributed by atoms with Gasteiger partial charge in [-0.15, -0.1) is 11.3 Å². The topological polar surface area (TPSA) is 9.23 Å². The fourth-order valence-corrected chi connectivity index (χ4v) is 3.11. The van der Waals surface area contributed by atoms with Gasteiger partial charge in [0.25, 0.3) is 0 Å². The molecule has 16 heavy (non-hydrogen) atoms. The Morgan fingerprint density at radius 1 is 1.19 bits per heavy atom. The lowest BCUT2D eigenvalue weighted by Crippen LogP contribution is -1.88. The number of aryl methyl sites for hydroxylation is 2. The van der Waals surface area contributed by atoms with Crippen LogP contribution in [0.3, 0.4) is 0 Å². The maximum absolute atomic E-state index is 5.75. The van der Waals surface area contributed by atoms with Gasteiger partial charge < -0.3 is 4.74 Å². The molecule has 1 aromatic carbocycles. The third kappa shape index (κ3) is 1.54. The lowest BCUT2D eigenvalue weighted by atomic mass is 10.0. The minimum absolute atomic E-state index is 0.830. The van der Waals surface area contributed by atoms with Crippen molar-refractivity contribution in [1.29, 1.82) is 0 Å². The Hall–Kier alpha value is -1.28. The Morgan fingerprint density at radius 2 is 2.06 bits per heavy atom. The molecule has 0 saturated carbocycles. The number of fused-ring (bicyclic) bond motifs is 1. The first kappa shape index (κ1) is 9.91. The highest BCUT2D eigenvalue weighted by Crippen LogP contribution is 2.40. The summed E-state index contributed by atoms with van der Waals surface area (Å²) in [7, 11) is 0. The summed E-state index contributed by atoms with van der Waals surface area (Å²) in [5.41, 5.74) is 3.96. The zero-order valence-electron chi connectivity index (χ0n) is 9.54. The molecule has 2 heterocycles. The molecule has 0 aliphatic carbocycles. The lowest BCUT2D eigenvalue weighted by molar-refractivity contribution is 0.358. The molecule has 0 atom stereocenters. The van der Waals surface area contributed by atoms with Crippen molar-refractivity contribution in [1.82, 2.24) is 0 Å². The Bertz CT molecular complexity index is 540. The standard InChI is InChI=1S/C14H14OS/c1-9-7-11-5-6-15-14(11)12(8-9)13-4-3-10(2)16-13/h3-4,7-8H,5-6H2,1-2H3. The average molecular weight is 230 g/mol. The largest absolute Gasteiger partial charge is 0.492 e. The first-order chi connectivity index (χ1) is 7.74. The van der Waals surface area contributed by atoms with Crippen LogP contribution in [-0.2, 0) is 6.42 Å². The van der Waals surface area contributed by atoms with Crippen molar-refractivity contribution in [3.8, 4) is 16.2 Å². The van der Waals surface area contributed by atoms with Crippen LogP contribution in [0.2, 0.25) is 0 Å². The summed E-state index contributed by atoms with van der Waals surface area (Å²) in [5.74, 6) is 1.10. The van der Waals surface area contributed by atoms with Gasteiger partial charge in [0.15, 0.2) is 0 Å². The summed E-state index contributed by atoms with van der Waals surface area (Å²) in [5, 5.41) is 0. The number of thiophene rings is 1. The molecule has 2 aromatic rings. The summed E-state index contributed by atoms with van der Waals surface area (Å²) in [4.78, 5) is 2.67. The summed E-state index contributed by atoms with van der Waals surface area (Å²) in [6.45, 7) is 5.13. The van der Waals surface area contributed by atoms with E-state index in [0.717, 1.165) is 18.8 Å². The van der Waals surface area contributed by atoms with Gasteiger partial charge in [-0.2, -0.15) is 0 Å². The smallest absolute Gasteiger partial charge is 0.131 e. The fourth-order valence-electron chi connectivity index (χ4n) is 2.23. The van der Waals surface area contributed by atoms with Crippen LogP contribution in [0.5, 0.6) is 5.75 Å². The monoisotopic (exact) mass is 230 g/mol. The number of rotatable bonds is 1. The molecule has 0 amide bonds. The van der Waals surface area contributed by atoms with E-state index in [4.69, 9.17) is 4.74 Å². The van der Waals surface area contributed by atoms with Crippen LogP contribution >= 0.6 is 11.3 Å². The molecular weight excluding hydrogens is 216 g/mol. The van der Waals surface area contributed by atoms with Gasteiger partial charge >= 0.3 is 0 Å². The predicted octanol–water partition coefficient (Wildman–Crippen LogP) is 3.97. The quantitative estimate of drug-likeness (QED) is 0.720. The Labute approximate surface area is 99.7 Å². The van der Waals surface area contributed by atoms with Crippen molar-refractivity contribution in [2.24, 2.45) is 0 Å². The second-order valence-electron chi connectivity index (χ2n) is 4.31. The van der Waals surface area contributed by atoms with Crippen LogP contribution in [-0.4, -0.2) is 6.61 Å². The van der Waals surface area contributed by atoms with E-state index in [0.29, 0.717) is 0 Å². The summed E-state index contributed by atoms with van der Waals surface area (Å²) in [6.07, 6.45) is 1.05. The van der Waals surface area contributed by atoms with Crippen LogP contribution < -0.4 is 4.74 Å². The summed E-state index contributed by atoms with van der Waals surface area (Å²) in [6, 6.07) is 8.84. The zero-order valence-corrected chi connectivity index (χ0v) is 10.4. The molecule has 0 N–H and O–H groups in total. The van der Waals surface area contributed by atoms with Crippen molar-refractivity contribution < 1.29 is 4.74 Å². The van der Waals surface area contributed by atoms with Gasteiger partial charge in [-0.1, -0.05) is 6.07 Å². The van der Waals surface area contributed by atoms with E-state index in [1.165, 1.54) is 26.4 Å². The second-order valence-corrected chi connectivity index (χ2v) is 5.60. The van der Waals surface area contributed by atoms with Crippen molar-refractivity contribution in [3.63, 3.8) is 0 Å². The molecule has 1 aromatic heterocycles. The predicted molar refractivity (Wildman–Crippen MR) is 68.4 cm³/mol.